The third-order valence-electron chi connectivity index (χ3n) is 6.74. The van der Waals surface area contributed by atoms with Gasteiger partial charge in [0.05, 0.1) is 36.7 Å². The molecule has 0 spiro atoms. The molecule has 1 fully saturated rings. The molecule has 4 aromatic rings. The lowest BCUT2D eigenvalue weighted by atomic mass is 10.1. The van der Waals surface area contributed by atoms with E-state index in [9.17, 15) is 4.79 Å². The maximum Gasteiger partial charge on any atom is 0.254 e. The largest absolute Gasteiger partial charge is 0.497 e. The van der Waals surface area contributed by atoms with Crippen LogP contribution in [-0.4, -0.2) is 47.0 Å². The van der Waals surface area contributed by atoms with Crippen molar-refractivity contribution >= 4 is 5.91 Å². The van der Waals surface area contributed by atoms with Gasteiger partial charge in [-0.15, -0.1) is 0 Å². The number of rotatable bonds is 9. The molecule has 38 heavy (non-hydrogen) atoms. The Labute approximate surface area is 223 Å². The molecular formula is C31H33N3O4. The van der Waals surface area contributed by atoms with Crippen LogP contribution >= 0.6 is 0 Å². The van der Waals surface area contributed by atoms with Crippen molar-refractivity contribution in [1.82, 2.24) is 14.7 Å². The normalized spacial score (nSPS) is 14.9. The van der Waals surface area contributed by atoms with E-state index in [4.69, 9.17) is 19.3 Å². The van der Waals surface area contributed by atoms with E-state index in [1.165, 1.54) is 0 Å². The summed E-state index contributed by atoms with van der Waals surface area (Å²) < 4.78 is 19.6. The summed E-state index contributed by atoms with van der Waals surface area (Å²) in [7, 11) is 1.60. The van der Waals surface area contributed by atoms with Crippen LogP contribution in [0.2, 0.25) is 0 Å². The molecule has 0 N–H and O–H groups in total. The van der Waals surface area contributed by atoms with Crippen LogP contribution in [0.15, 0.2) is 78.9 Å². The van der Waals surface area contributed by atoms with E-state index >= 15 is 0 Å². The molecule has 1 aromatic heterocycles. The van der Waals surface area contributed by atoms with Crippen molar-refractivity contribution in [2.75, 3.05) is 20.3 Å². The van der Waals surface area contributed by atoms with Gasteiger partial charge in [-0.1, -0.05) is 36.4 Å². The molecular weight excluding hydrogens is 478 g/mol. The highest BCUT2D eigenvalue weighted by atomic mass is 16.5. The van der Waals surface area contributed by atoms with Gasteiger partial charge in [-0.3, -0.25) is 4.79 Å². The van der Waals surface area contributed by atoms with E-state index in [1.807, 2.05) is 96.2 Å². The number of para-hydroxylation sites is 1. The van der Waals surface area contributed by atoms with Crippen molar-refractivity contribution in [3.63, 3.8) is 0 Å². The fourth-order valence-corrected chi connectivity index (χ4v) is 4.74. The molecule has 0 radical (unpaired) electrons. The maximum atomic E-state index is 13.9. The second-order valence-corrected chi connectivity index (χ2v) is 9.59. The molecule has 1 saturated heterocycles. The SMILES string of the molecule is COc1cccc(C(=O)N(Cc2c(C)nn(-c3ccccc3)c2Oc2cccc(C)c2)CC2CCCO2)c1. The number of hydrogen-bond donors (Lipinski definition) is 0. The number of carbonyl (C=O) groups is 1. The molecule has 1 aliphatic heterocycles. The van der Waals surface area contributed by atoms with E-state index < -0.39 is 0 Å². The van der Waals surface area contributed by atoms with E-state index in [0.717, 1.165) is 42.0 Å². The first-order valence-electron chi connectivity index (χ1n) is 12.9. The van der Waals surface area contributed by atoms with Crippen LogP contribution in [0.4, 0.5) is 0 Å². The quantitative estimate of drug-likeness (QED) is 0.271. The highest BCUT2D eigenvalue weighted by Crippen LogP contribution is 2.33. The second kappa shape index (κ2) is 11.5. The minimum absolute atomic E-state index is 0.00447. The molecule has 0 aliphatic carbocycles. The van der Waals surface area contributed by atoms with E-state index in [-0.39, 0.29) is 12.0 Å². The number of aryl methyl sites for hydroxylation is 2. The van der Waals surface area contributed by atoms with Gasteiger partial charge < -0.3 is 19.1 Å². The summed E-state index contributed by atoms with van der Waals surface area (Å²) in [6.07, 6.45) is 1.92. The van der Waals surface area contributed by atoms with Crippen LogP contribution in [0.1, 0.15) is 40.0 Å². The highest BCUT2D eigenvalue weighted by Gasteiger charge is 2.28. The lowest BCUT2D eigenvalue weighted by molar-refractivity contribution is 0.0505. The standard InChI is InChI=1S/C31H33N3O4/c1-22-10-7-15-27(18-22)38-31-29(23(2)32-34(31)25-12-5-4-6-13-25)21-33(20-28-16-9-17-37-28)30(35)24-11-8-14-26(19-24)36-3/h4-8,10-15,18-19,28H,9,16-17,20-21H2,1-3H3. The third-order valence-corrected chi connectivity index (χ3v) is 6.74. The molecule has 1 atom stereocenters. The summed E-state index contributed by atoms with van der Waals surface area (Å²) in [5.74, 6) is 1.86. The Bertz CT molecular complexity index is 1390. The Morgan fingerprint density at radius 1 is 1.03 bits per heavy atom. The summed E-state index contributed by atoms with van der Waals surface area (Å²) >= 11 is 0. The number of nitrogens with zero attached hydrogens (tertiary/aromatic N) is 3. The number of carbonyl (C=O) groups excluding carboxylic acids is 1. The average molecular weight is 512 g/mol. The second-order valence-electron chi connectivity index (χ2n) is 9.59. The average Bonchev–Trinajstić information content (AvgIpc) is 3.56. The molecule has 1 unspecified atom stereocenters. The van der Waals surface area contributed by atoms with Gasteiger partial charge in [-0.2, -0.15) is 5.10 Å². The van der Waals surface area contributed by atoms with Crippen molar-refractivity contribution in [3.8, 4) is 23.1 Å². The zero-order valence-electron chi connectivity index (χ0n) is 22.1. The Balaban J connectivity index is 1.55. The summed E-state index contributed by atoms with van der Waals surface area (Å²) in [6, 6.07) is 25.1. The minimum atomic E-state index is -0.0900. The van der Waals surface area contributed by atoms with Gasteiger partial charge in [0.25, 0.3) is 5.91 Å². The van der Waals surface area contributed by atoms with Gasteiger partial charge in [-0.05, 0) is 74.7 Å². The molecule has 7 nitrogen and oxygen atoms in total. The number of amides is 1. The molecule has 5 rings (SSSR count). The van der Waals surface area contributed by atoms with Crippen molar-refractivity contribution < 1.29 is 19.0 Å². The maximum absolute atomic E-state index is 13.9. The van der Waals surface area contributed by atoms with Gasteiger partial charge >= 0.3 is 0 Å². The van der Waals surface area contributed by atoms with Crippen molar-refractivity contribution in [3.05, 3.63) is 101 Å². The predicted molar refractivity (Wildman–Crippen MR) is 146 cm³/mol. The Kier molecular flexibility index (Phi) is 7.75. The molecule has 196 valence electrons. The Morgan fingerprint density at radius 2 is 1.82 bits per heavy atom. The van der Waals surface area contributed by atoms with Gasteiger partial charge in [0.15, 0.2) is 0 Å². The van der Waals surface area contributed by atoms with E-state index in [2.05, 4.69) is 0 Å². The van der Waals surface area contributed by atoms with Crippen molar-refractivity contribution in [2.45, 2.75) is 39.3 Å². The first-order valence-corrected chi connectivity index (χ1v) is 12.9. The zero-order chi connectivity index (χ0) is 26.5. The lowest BCUT2D eigenvalue weighted by Crippen LogP contribution is -2.37. The van der Waals surface area contributed by atoms with Crippen LogP contribution in [-0.2, 0) is 11.3 Å². The third kappa shape index (κ3) is 5.73. The highest BCUT2D eigenvalue weighted by molar-refractivity contribution is 5.94. The summed E-state index contributed by atoms with van der Waals surface area (Å²) in [4.78, 5) is 15.7. The lowest BCUT2D eigenvalue weighted by Gasteiger charge is -2.26. The van der Waals surface area contributed by atoms with Gasteiger partial charge in [0.2, 0.25) is 5.88 Å². The van der Waals surface area contributed by atoms with Crippen LogP contribution in [0, 0.1) is 13.8 Å². The first kappa shape index (κ1) is 25.5. The van der Waals surface area contributed by atoms with Gasteiger partial charge in [0, 0.05) is 18.7 Å². The fraction of sp³-hybridized carbons (Fsp3) is 0.290. The molecule has 3 aromatic carbocycles. The number of ether oxygens (including phenoxy) is 3. The Morgan fingerprint density at radius 3 is 2.55 bits per heavy atom. The summed E-state index contributed by atoms with van der Waals surface area (Å²) in [5.41, 5.74) is 4.20. The van der Waals surface area contributed by atoms with Gasteiger partial charge in [0.1, 0.15) is 11.5 Å². The predicted octanol–water partition coefficient (Wildman–Crippen LogP) is 6.11. The van der Waals surface area contributed by atoms with Crippen molar-refractivity contribution in [1.29, 1.82) is 0 Å². The number of aromatic nitrogens is 2. The number of benzene rings is 3. The summed E-state index contributed by atoms with van der Waals surface area (Å²) in [6.45, 7) is 5.52. The van der Waals surface area contributed by atoms with Gasteiger partial charge in [-0.25, -0.2) is 4.68 Å². The van der Waals surface area contributed by atoms with Crippen LogP contribution in [0.3, 0.4) is 0 Å². The topological polar surface area (TPSA) is 65.8 Å². The van der Waals surface area contributed by atoms with Crippen LogP contribution < -0.4 is 9.47 Å². The molecule has 0 bridgehead atoms. The number of methoxy groups -OCH3 is 1. The fourth-order valence-electron chi connectivity index (χ4n) is 4.74. The first-order chi connectivity index (χ1) is 18.5. The molecule has 7 heteroatoms. The van der Waals surface area contributed by atoms with Crippen molar-refractivity contribution in [2.24, 2.45) is 0 Å². The minimum Gasteiger partial charge on any atom is -0.497 e. The van der Waals surface area contributed by atoms with E-state index in [1.54, 1.807) is 13.2 Å². The molecule has 0 saturated carbocycles. The summed E-state index contributed by atoms with van der Waals surface area (Å²) in [5, 5.41) is 4.85. The van der Waals surface area contributed by atoms with E-state index in [0.29, 0.717) is 36.0 Å². The molecule has 2 heterocycles. The number of hydrogen-bond acceptors (Lipinski definition) is 5. The Hall–Kier alpha value is -4.10. The molecule has 1 amide bonds. The van der Waals surface area contributed by atoms with Crippen LogP contribution in [0.5, 0.6) is 17.4 Å². The molecule has 1 aliphatic rings. The smallest absolute Gasteiger partial charge is 0.254 e. The zero-order valence-corrected chi connectivity index (χ0v) is 22.1. The monoisotopic (exact) mass is 511 g/mol. The van der Waals surface area contributed by atoms with Crippen LogP contribution in [0.25, 0.3) is 5.69 Å².